The summed E-state index contributed by atoms with van der Waals surface area (Å²) in [6.07, 6.45) is 3.20. The third-order valence-electron chi connectivity index (χ3n) is 3.25. The van der Waals surface area contributed by atoms with E-state index in [0.717, 1.165) is 38.8 Å². The molecule has 0 spiro atoms. The Morgan fingerprint density at radius 1 is 1.53 bits per heavy atom. The van der Waals surface area contributed by atoms with E-state index in [1.807, 2.05) is 13.8 Å². The molecule has 88 valence electrons. The average Bonchev–Trinajstić information content (AvgIpc) is 2.28. The van der Waals surface area contributed by atoms with E-state index in [4.69, 9.17) is 5.73 Å². The summed E-state index contributed by atoms with van der Waals surface area (Å²) in [5, 5.41) is 9.92. The lowest BCUT2D eigenvalue weighted by atomic mass is 9.98. The summed E-state index contributed by atoms with van der Waals surface area (Å²) < 4.78 is 0. The predicted molar refractivity (Wildman–Crippen MR) is 59.3 cm³/mol. The Kier molecular flexibility index (Phi) is 4.11. The van der Waals surface area contributed by atoms with Gasteiger partial charge in [-0.1, -0.05) is 6.92 Å². The standard InChI is InChI=1S/C11H22N2O2/c1-3-9(10(12)14)13-7-4-5-11(2,15)6-8-13/h9,15H,3-8H2,1-2H3,(H2,12,14). The normalized spacial score (nSPS) is 30.9. The van der Waals surface area contributed by atoms with Crippen molar-refractivity contribution in [1.29, 1.82) is 0 Å². The fourth-order valence-corrected chi connectivity index (χ4v) is 2.24. The minimum Gasteiger partial charge on any atom is -0.390 e. The Bertz CT molecular complexity index is 229. The Labute approximate surface area is 91.4 Å². The first kappa shape index (κ1) is 12.5. The van der Waals surface area contributed by atoms with Crippen LogP contribution in [0.15, 0.2) is 0 Å². The number of aliphatic hydroxyl groups is 1. The highest BCUT2D eigenvalue weighted by Crippen LogP contribution is 2.22. The van der Waals surface area contributed by atoms with Gasteiger partial charge in [0.15, 0.2) is 0 Å². The molecule has 0 aromatic heterocycles. The molecule has 0 aliphatic carbocycles. The maximum absolute atomic E-state index is 11.2. The van der Waals surface area contributed by atoms with Gasteiger partial charge in [-0.2, -0.15) is 0 Å². The van der Waals surface area contributed by atoms with E-state index < -0.39 is 5.60 Å². The van der Waals surface area contributed by atoms with Crippen LogP contribution < -0.4 is 5.73 Å². The summed E-state index contributed by atoms with van der Waals surface area (Å²) in [4.78, 5) is 13.3. The second kappa shape index (κ2) is 4.94. The van der Waals surface area contributed by atoms with Crippen molar-refractivity contribution in [3.8, 4) is 0 Å². The summed E-state index contributed by atoms with van der Waals surface area (Å²) in [6.45, 7) is 5.45. The van der Waals surface area contributed by atoms with Crippen LogP contribution in [-0.4, -0.2) is 40.6 Å². The quantitative estimate of drug-likeness (QED) is 0.718. The number of primary amides is 1. The number of nitrogens with two attached hydrogens (primary N) is 1. The van der Waals surface area contributed by atoms with Crippen molar-refractivity contribution >= 4 is 5.91 Å². The molecule has 0 radical (unpaired) electrons. The molecule has 3 N–H and O–H groups in total. The zero-order valence-corrected chi connectivity index (χ0v) is 9.70. The number of hydrogen-bond donors (Lipinski definition) is 2. The fraction of sp³-hybridized carbons (Fsp3) is 0.909. The van der Waals surface area contributed by atoms with Crippen molar-refractivity contribution < 1.29 is 9.90 Å². The first-order valence-electron chi connectivity index (χ1n) is 5.72. The van der Waals surface area contributed by atoms with Crippen molar-refractivity contribution in [2.75, 3.05) is 13.1 Å². The van der Waals surface area contributed by atoms with E-state index in [1.165, 1.54) is 0 Å². The molecule has 1 saturated heterocycles. The molecule has 1 amide bonds. The van der Waals surface area contributed by atoms with Crippen LogP contribution in [0.25, 0.3) is 0 Å². The van der Waals surface area contributed by atoms with Crippen LogP contribution in [0.5, 0.6) is 0 Å². The Hall–Kier alpha value is -0.610. The van der Waals surface area contributed by atoms with Gasteiger partial charge in [-0.3, -0.25) is 9.69 Å². The van der Waals surface area contributed by atoms with E-state index in [-0.39, 0.29) is 11.9 Å². The minimum absolute atomic E-state index is 0.168. The van der Waals surface area contributed by atoms with Crippen LogP contribution in [0, 0.1) is 0 Å². The second-order valence-electron chi connectivity index (χ2n) is 4.71. The summed E-state index contributed by atoms with van der Waals surface area (Å²) in [7, 11) is 0. The van der Waals surface area contributed by atoms with E-state index in [2.05, 4.69) is 4.90 Å². The molecule has 1 heterocycles. The molecule has 0 bridgehead atoms. The van der Waals surface area contributed by atoms with Crippen LogP contribution in [0.4, 0.5) is 0 Å². The van der Waals surface area contributed by atoms with Crippen LogP contribution in [0.3, 0.4) is 0 Å². The predicted octanol–water partition coefficient (Wildman–Crippen LogP) is 0.487. The van der Waals surface area contributed by atoms with Gasteiger partial charge in [0.25, 0.3) is 0 Å². The van der Waals surface area contributed by atoms with Gasteiger partial charge in [0.05, 0.1) is 11.6 Å². The van der Waals surface area contributed by atoms with Crippen molar-refractivity contribution in [3.05, 3.63) is 0 Å². The summed E-state index contributed by atoms with van der Waals surface area (Å²) in [5.74, 6) is -0.251. The average molecular weight is 214 g/mol. The lowest BCUT2D eigenvalue weighted by molar-refractivity contribution is -0.123. The molecular weight excluding hydrogens is 192 g/mol. The zero-order valence-electron chi connectivity index (χ0n) is 9.70. The minimum atomic E-state index is -0.579. The molecule has 0 aromatic carbocycles. The molecule has 1 fully saturated rings. The van der Waals surface area contributed by atoms with E-state index in [0.29, 0.717) is 0 Å². The molecule has 4 heteroatoms. The van der Waals surface area contributed by atoms with Crippen molar-refractivity contribution in [1.82, 2.24) is 4.90 Å². The SMILES string of the molecule is CCC(C(N)=O)N1CCCC(C)(O)CC1. The van der Waals surface area contributed by atoms with Crippen LogP contribution in [0.1, 0.15) is 39.5 Å². The highest BCUT2D eigenvalue weighted by Gasteiger charge is 2.29. The number of rotatable bonds is 3. The number of hydrogen-bond acceptors (Lipinski definition) is 3. The molecule has 0 aromatic rings. The first-order valence-corrected chi connectivity index (χ1v) is 5.72. The highest BCUT2D eigenvalue weighted by atomic mass is 16.3. The first-order chi connectivity index (χ1) is 6.96. The number of amides is 1. The van der Waals surface area contributed by atoms with E-state index >= 15 is 0 Å². The van der Waals surface area contributed by atoms with Gasteiger partial charge in [-0.15, -0.1) is 0 Å². The van der Waals surface area contributed by atoms with Crippen molar-refractivity contribution in [3.63, 3.8) is 0 Å². The van der Waals surface area contributed by atoms with Gasteiger partial charge in [0.2, 0.25) is 5.91 Å². The molecule has 1 aliphatic rings. The summed E-state index contributed by atoms with van der Waals surface area (Å²) in [5.41, 5.74) is 4.77. The highest BCUT2D eigenvalue weighted by molar-refractivity contribution is 5.79. The third-order valence-corrected chi connectivity index (χ3v) is 3.25. The zero-order chi connectivity index (χ0) is 11.5. The Morgan fingerprint density at radius 3 is 2.73 bits per heavy atom. The number of likely N-dealkylation sites (tertiary alicyclic amines) is 1. The Morgan fingerprint density at radius 2 is 2.20 bits per heavy atom. The summed E-state index contributed by atoms with van der Waals surface area (Å²) >= 11 is 0. The number of nitrogens with zero attached hydrogens (tertiary/aromatic N) is 1. The molecule has 1 aliphatic heterocycles. The lowest BCUT2D eigenvalue weighted by Gasteiger charge is -2.27. The van der Waals surface area contributed by atoms with Gasteiger partial charge in [-0.05, 0) is 39.2 Å². The second-order valence-corrected chi connectivity index (χ2v) is 4.71. The third kappa shape index (κ3) is 3.47. The van der Waals surface area contributed by atoms with E-state index in [1.54, 1.807) is 0 Å². The van der Waals surface area contributed by atoms with Crippen LogP contribution >= 0.6 is 0 Å². The maximum atomic E-state index is 11.2. The van der Waals surface area contributed by atoms with Crippen molar-refractivity contribution in [2.24, 2.45) is 5.73 Å². The molecule has 2 unspecified atom stereocenters. The maximum Gasteiger partial charge on any atom is 0.234 e. The number of carbonyl (C=O) groups is 1. The molecule has 4 nitrogen and oxygen atoms in total. The van der Waals surface area contributed by atoms with Gasteiger partial charge in [0, 0.05) is 6.54 Å². The molecule has 1 rings (SSSR count). The molecule has 15 heavy (non-hydrogen) atoms. The summed E-state index contributed by atoms with van der Waals surface area (Å²) in [6, 6.07) is -0.168. The largest absolute Gasteiger partial charge is 0.390 e. The smallest absolute Gasteiger partial charge is 0.234 e. The lowest BCUT2D eigenvalue weighted by Crippen LogP contribution is -2.45. The van der Waals surface area contributed by atoms with Crippen LogP contribution in [0.2, 0.25) is 0 Å². The van der Waals surface area contributed by atoms with Crippen molar-refractivity contribution in [2.45, 2.75) is 51.2 Å². The Balaban J connectivity index is 2.60. The molecule has 2 atom stereocenters. The van der Waals surface area contributed by atoms with Gasteiger partial charge < -0.3 is 10.8 Å². The molecular formula is C11H22N2O2. The van der Waals surface area contributed by atoms with Crippen LogP contribution in [-0.2, 0) is 4.79 Å². The fourth-order valence-electron chi connectivity index (χ4n) is 2.24. The van der Waals surface area contributed by atoms with E-state index in [9.17, 15) is 9.90 Å². The number of carbonyl (C=O) groups excluding carboxylic acids is 1. The van der Waals surface area contributed by atoms with Gasteiger partial charge in [-0.25, -0.2) is 0 Å². The molecule has 0 saturated carbocycles. The van der Waals surface area contributed by atoms with Gasteiger partial charge in [0.1, 0.15) is 0 Å². The monoisotopic (exact) mass is 214 g/mol. The van der Waals surface area contributed by atoms with Gasteiger partial charge >= 0.3 is 0 Å². The topological polar surface area (TPSA) is 66.6 Å².